The quantitative estimate of drug-likeness (QED) is 0.402. The summed E-state index contributed by atoms with van der Waals surface area (Å²) in [4.78, 5) is 32.1. The van der Waals surface area contributed by atoms with Crippen molar-refractivity contribution in [3.8, 4) is 0 Å². The van der Waals surface area contributed by atoms with Crippen LogP contribution >= 0.6 is 24.2 Å². The topological polar surface area (TPSA) is 66.7 Å². The summed E-state index contributed by atoms with van der Waals surface area (Å²) in [5.74, 6) is 0.125. The van der Waals surface area contributed by atoms with Crippen molar-refractivity contribution in [2.24, 2.45) is 5.92 Å². The van der Waals surface area contributed by atoms with Gasteiger partial charge in [0.2, 0.25) is 0 Å². The van der Waals surface area contributed by atoms with E-state index in [9.17, 15) is 22.8 Å². The van der Waals surface area contributed by atoms with Crippen molar-refractivity contribution in [1.82, 2.24) is 19.6 Å². The number of rotatable bonds is 6. The minimum atomic E-state index is -4.41. The molecular weight excluding hydrogens is 525 g/mol. The number of likely N-dealkylation sites (tertiary alicyclic amines) is 1. The lowest BCUT2D eigenvalue weighted by Gasteiger charge is -2.32. The van der Waals surface area contributed by atoms with E-state index in [2.05, 4.69) is 10.3 Å². The lowest BCUT2D eigenvalue weighted by molar-refractivity contribution is -0.137. The van der Waals surface area contributed by atoms with Gasteiger partial charge in [-0.3, -0.25) is 14.0 Å². The van der Waals surface area contributed by atoms with Crippen molar-refractivity contribution in [2.45, 2.75) is 36.9 Å². The highest BCUT2D eigenvalue weighted by atomic mass is 35.5. The Morgan fingerprint density at radius 1 is 1.08 bits per heavy atom. The van der Waals surface area contributed by atoms with Crippen molar-refractivity contribution in [1.29, 1.82) is 0 Å². The van der Waals surface area contributed by atoms with Crippen LogP contribution < -0.4 is 5.32 Å². The fourth-order valence-electron chi connectivity index (χ4n) is 4.69. The number of piperidine rings is 1. The molecule has 2 aliphatic heterocycles. The summed E-state index contributed by atoms with van der Waals surface area (Å²) in [6.07, 6.45) is 2.68. The largest absolute Gasteiger partial charge is 0.416 e. The molecule has 6 nitrogen and oxygen atoms in total. The Morgan fingerprint density at radius 2 is 1.81 bits per heavy atom. The van der Waals surface area contributed by atoms with Crippen molar-refractivity contribution in [3.63, 3.8) is 0 Å². The lowest BCUT2D eigenvalue weighted by Crippen LogP contribution is -2.38. The maximum absolute atomic E-state index is 12.7. The van der Waals surface area contributed by atoms with Gasteiger partial charge in [-0.1, -0.05) is 17.8 Å². The fraction of sp³-hybridized carbons (Fsp3) is 0.346. The van der Waals surface area contributed by atoms with Crippen LogP contribution in [0.4, 0.5) is 13.2 Å². The smallest absolute Gasteiger partial charge is 0.352 e. The first-order valence-corrected chi connectivity index (χ1v) is 12.7. The Bertz CT molecular complexity index is 1320. The van der Waals surface area contributed by atoms with Gasteiger partial charge in [0, 0.05) is 25.2 Å². The molecule has 37 heavy (non-hydrogen) atoms. The number of hydrogen-bond donors (Lipinski definition) is 1. The van der Waals surface area contributed by atoms with E-state index < -0.39 is 11.7 Å². The van der Waals surface area contributed by atoms with E-state index >= 15 is 0 Å². The highest BCUT2D eigenvalue weighted by Crippen LogP contribution is 2.34. The van der Waals surface area contributed by atoms with Gasteiger partial charge in [0.15, 0.2) is 0 Å². The molecule has 2 aliphatic rings. The van der Waals surface area contributed by atoms with Gasteiger partial charge in [0.25, 0.3) is 11.8 Å². The molecule has 0 unspecified atom stereocenters. The number of aromatic nitrogens is 2. The average Bonchev–Trinajstić information content (AvgIpc) is 3.30. The second kappa shape index (κ2) is 11.2. The molecule has 0 atom stereocenters. The SMILES string of the molecule is Cl.O=C(NCCCC1CCN(C(=O)c2ccc(C(F)(F)F)cc2)CC1)C1=Cc2cnc3cccc(n23)S1. The Labute approximate surface area is 222 Å². The van der Waals surface area contributed by atoms with Crippen molar-refractivity contribution < 1.29 is 22.8 Å². The van der Waals surface area contributed by atoms with Crippen LogP contribution in [0.5, 0.6) is 0 Å². The molecule has 2 amide bonds. The van der Waals surface area contributed by atoms with E-state index in [1.807, 2.05) is 28.7 Å². The van der Waals surface area contributed by atoms with E-state index in [1.54, 1.807) is 11.1 Å². The van der Waals surface area contributed by atoms with Gasteiger partial charge in [0.05, 0.1) is 27.4 Å². The van der Waals surface area contributed by atoms with Crippen LogP contribution in [0, 0.1) is 5.92 Å². The summed E-state index contributed by atoms with van der Waals surface area (Å²) >= 11 is 1.43. The van der Waals surface area contributed by atoms with Crippen LogP contribution in [0.25, 0.3) is 11.7 Å². The van der Waals surface area contributed by atoms with Crippen molar-refractivity contribution in [3.05, 3.63) is 70.4 Å². The number of carbonyl (C=O) groups is 2. The number of alkyl halides is 3. The highest BCUT2D eigenvalue weighted by molar-refractivity contribution is 8.04. The standard InChI is InChI=1S/C26H25F3N4O2S.ClH/c27-26(28,29)19-8-6-18(7-9-19)25(35)32-13-10-17(11-14-32)3-2-12-30-24(34)21-15-20-16-31-22-4-1-5-23(36-21)33(20)22;/h1,4-9,15-17H,2-3,10-14H2,(H,30,34);1H. The molecule has 2 aromatic heterocycles. The van der Waals surface area contributed by atoms with Gasteiger partial charge >= 0.3 is 6.18 Å². The predicted molar refractivity (Wildman–Crippen MR) is 139 cm³/mol. The summed E-state index contributed by atoms with van der Waals surface area (Å²) in [7, 11) is 0. The Hall–Kier alpha value is -2.98. The van der Waals surface area contributed by atoms with Gasteiger partial charge in [-0.25, -0.2) is 4.98 Å². The molecule has 1 N–H and O–H groups in total. The molecule has 5 rings (SSSR count). The fourth-order valence-corrected chi connectivity index (χ4v) is 5.69. The van der Waals surface area contributed by atoms with Crippen LogP contribution in [0.15, 0.2) is 58.6 Å². The van der Waals surface area contributed by atoms with Crippen molar-refractivity contribution in [2.75, 3.05) is 19.6 Å². The van der Waals surface area contributed by atoms with Crippen LogP contribution in [0.3, 0.4) is 0 Å². The molecule has 0 spiro atoms. The van der Waals surface area contributed by atoms with Crippen LogP contribution in [-0.2, 0) is 11.0 Å². The van der Waals surface area contributed by atoms with E-state index in [0.717, 1.165) is 54.2 Å². The molecule has 1 aromatic carbocycles. The summed E-state index contributed by atoms with van der Waals surface area (Å²) in [6, 6.07) is 10.2. The van der Waals surface area contributed by atoms with E-state index in [1.165, 1.54) is 23.9 Å². The van der Waals surface area contributed by atoms with Crippen LogP contribution in [0.2, 0.25) is 0 Å². The summed E-state index contributed by atoms with van der Waals surface area (Å²) in [5.41, 5.74) is 1.27. The number of pyridine rings is 1. The number of nitrogens with zero attached hydrogens (tertiary/aromatic N) is 3. The number of amides is 2. The van der Waals surface area contributed by atoms with Crippen LogP contribution in [0.1, 0.15) is 47.3 Å². The Morgan fingerprint density at radius 3 is 2.51 bits per heavy atom. The molecule has 3 aromatic rings. The third kappa shape index (κ3) is 5.96. The highest BCUT2D eigenvalue weighted by Gasteiger charge is 2.31. The molecule has 1 saturated heterocycles. The normalized spacial score (nSPS) is 15.8. The number of hydrogen-bond acceptors (Lipinski definition) is 4. The first-order valence-electron chi connectivity index (χ1n) is 11.9. The maximum Gasteiger partial charge on any atom is 0.416 e. The second-order valence-corrected chi connectivity index (χ2v) is 10.1. The Kier molecular flexibility index (Phi) is 8.18. The molecule has 11 heteroatoms. The van der Waals surface area contributed by atoms with Gasteiger partial charge in [-0.05, 0) is 74.1 Å². The van der Waals surface area contributed by atoms with Gasteiger partial charge in [0.1, 0.15) is 5.65 Å². The monoisotopic (exact) mass is 550 g/mol. The molecule has 0 radical (unpaired) electrons. The summed E-state index contributed by atoms with van der Waals surface area (Å²) in [6.45, 7) is 1.74. The third-order valence-corrected chi connectivity index (χ3v) is 7.72. The lowest BCUT2D eigenvalue weighted by atomic mass is 9.92. The number of thioether (sulfide) groups is 1. The van der Waals surface area contributed by atoms with E-state index in [0.29, 0.717) is 30.5 Å². The molecule has 4 heterocycles. The minimum Gasteiger partial charge on any atom is -0.352 e. The molecule has 196 valence electrons. The number of benzene rings is 1. The Balaban J connectivity index is 0.00000320. The first kappa shape index (κ1) is 27.1. The molecule has 1 fully saturated rings. The minimum absolute atomic E-state index is 0. The second-order valence-electron chi connectivity index (χ2n) is 9.06. The van der Waals surface area contributed by atoms with Gasteiger partial charge in [-0.15, -0.1) is 12.4 Å². The number of nitrogens with one attached hydrogen (secondary N) is 1. The maximum atomic E-state index is 12.7. The first-order chi connectivity index (χ1) is 17.3. The molecule has 0 saturated carbocycles. The summed E-state index contributed by atoms with van der Waals surface area (Å²) < 4.78 is 40.2. The zero-order valence-corrected chi connectivity index (χ0v) is 21.5. The average molecular weight is 551 g/mol. The zero-order chi connectivity index (χ0) is 25.3. The number of imidazole rings is 1. The van der Waals surface area contributed by atoms with Crippen LogP contribution in [-0.4, -0.2) is 45.7 Å². The number of carbonyl (C=O) groups excluding carboxylic acids is 2. The van der Waals surface area contributed by atoms with Gasteiger partial charge < -0.3 is 10.2 Å². The third-order valence-electron chi connectivity index (χ3n) is 6.67. The summed E-state index contributed by atoms with van der Waals surface area (Å²) in [5, 5.41) is 3.97. The van der Waals surface area contributed by atoms with E-state index in [4.69, 9.17) is 0 Å². The number of halogens is 4. The predicted octanol–water partition coefficient (Wildman–Crippen LogP) is 5.67. The van der Waals surface area contributed by atoms with Crippen molar-refractivity contribution >= 4 is 47.7 Å². The molecule has 0 aliphatic carbocycles. The molecule has 0 bridgehead atoms. The van der Waals surface area contributed by atoms with Gasteiger partial charge in [-0.2, -0.15) is 13.2 Å². The zero-order valence-electron chi connectivity index (χ0n) is 19.8. The van der Waals surface area contributed by atoms with E-state index in [-0.39, 0.29) is 29.8 Å². The molecular formula is C26H26ClF3N4O2S.